The van der Waals surface area contributed by atoms with E-state index in [-0.39, 0.29) is 22.6 Å². The number of amides is 1. The van der Waals surface area contributed by atoms with Gasteiger partial charge in [-0.1, -0.05) is 0 Å². The maximum atomic E-state index is 12.5. The van der Waals surface area contributed by atoms with Gasteiger partial charge in [0.25, 0.3) is 0 Å². The van der Waals surface area contributed by atoms with Gasteiger partial charge < -0.3 is 20.5 Å². The minimum Gasteiger partial charge on any atom is -0.495 e. The van der Waals surface area contributed by atoms with E-state index < -0.39 is 15.6 Å². The average Bonchev–Trinajstić information content (AvgIpc) is 3.38. The van der Waals surface area contributed by atoms with Crippen molar-refractivity contribution in [2.45, 2.75) is 42.2 Å². The highest BCUT2D eigenvalue weighted by Gasteiger charge is 2.36. The van der Waals surface area contributed by atoms with Crippen LogP contribution in [0.3, 0.4) is 0 Å². The lowest BCUT2D eigenvalue weighted by Crippen LogP contribution is -2.54. The Morgan fingerprint density at radius 3 is 2.60 bits per heavy atom. The lowest BCUT2D eigenvalue weighted by Gasteiger charge is -2.31. The average molecular weight is 369 g/mol. The molecule has 1 amide bonds. The maximum absolute atomic E-state index is 12.5. The van der Waals surface area contributed by atoms with E-state index in [1.54, 1.807) is 6.07 Å². The normalized spacial score (nSPS) is 20.1. The zero-order valence-corrected chi connectivity index (χ0v) is 14.9. The molecule has 3 rings (SSSR count). The van der Waals surface area contributed by atoms with E-state index in [1.165, 1.54) is 19.2 Å². The lowest BCUT2D eigenvalue weighted by atomic mass is 9.90. The Labute approximate surface area is 147 Å². The van der Waals surface area contributed by atoms with E-state index in [2.05, 4.69) is 10.0 Å². The maximum Gasteiger partial charge on any atom is 0.244 e. The van der Waals surface area contributed by atoms with Gasteiger partial charge in [0.1, 0.15) is 16.2 Å². The summed E-state index contributed by atoms with van der Waals surface area (Å²) in [6, 6.07) is 4.48. The molecule has 25 heavy (non-hydrogen) atoms. The Kier molecular flexibility index (Phi) is 5.01. The molecule has 0 atom stereocenters. The molecule has 1 aliphatic heterocycles. The molecular formula is C16H23N3O5S. The predicted molar refractivity (Wildman–Crippen MR) is 91.9 cm³/mol. The van der Waals surface area contributed by atoms with E-state index >= 15 is 0 Å². The zero-order chi connectivity index (χ0) is 18.1. The van der Waals surface area contributed by atoms with Crippen LogP contribution in [0, 0.1) is 0 Å². The molecule has 0 bridgehead atoms. The van der Waals surface area contributed by atoms with Gasteiger partial charge in [0.2, 0.25) is 15.9 Å². The summed E-state index contributed by atoms with van der Waals surface area (Å²) in [6.45, 7) is 0.856. The van der Waals surface area contributed by atoms with E-state index in [0.29, 0.717) is 31.7 Å². The molecule has 138 valence electrons. The molecule has 1 saturated heterocycles. The highest BCUT2D eigenvalue weighted by atomic mass is 32.2. The zero-order valence-electron chi connectivity index (χ0n) is 14.1. The van der Waals surface area contributed by atoms with E-state index in [1.807, 2.05) is 0 Å². The fraction of sp³-hybridized carbons (Fsp3) is 0.562. The van der Waals surface area contributed by atoms with Crippen LogP contribution >= 0.6 is 0 Å². The Bertz CT molecular complexity index is 755. The smallest absolute Gasteiger partial charge is 0.244 e. The second kappa shape index (κ2) is 6.91. The van der Waals surface area contributed by atoms with Gasteiger partial charge in [0.15, 0.2) is 0 Å². The highest BCUT2D eigenvalue weighted by molar-refractivity contribution is 7.89. The number of rotatable bonds is 6. The van der Waals surface area contributed by atoms with Gasteiger partial charge >= 0.3 is 0 Å². The number of methoxy groups -OCH3 is 1. The Balaban J connectivity index is 1.82. The minimum atomic E-state index is -3.72. The summed E-state index contributed by atoms with van der Waals surface area (Å²) in [6.07, 6.45) is 2.50. The number of benzene rings is 1. The highest BCUT2D eigenvalue weighted by Crippen LogP contribution is 2.30. The Morgan fingerprint density at radius 1 is 1.32 bits per heavy atom. The lowest BCUT2D eigenvalue weighted by molar-refractivity contribution is -0.124. The number of nitrogens with two attached hydrogens (primary N) is 1. The molecule has 1 aromatic carbocycles. The second-order valence-corrected chi connectivity index (χ2v) is 8.17. The summed E-state index contributed by atoms with van der Waals surface area (Å²) < 4.78 is 38.0. The molecule has 1 heterocycles. The van der Waals surface area contributed by atoms with Gasteiger partial charge in [-0.3, -0.25) is 4.79 Å². The SMILES string of the molecule is COc1ccc(NC(=O)C2(N)CCOCC2)cc1S(=O)(=O)NC1CC1. The van der Waals surface area contributed by atoms with Crippen molar-refractivity contribution in [1.82, 2.24) is 4.72 Å². The van der Waals surface area contributed by atoms with Crippen molar-refractivity contribution in [3.63, 3.8) is 0 Å². The summed E-state index contributed by atoms with van der Waals surface area (Å²) in [5, 5.41) is 2.72. The molecule has 9 heteroatoms. The Hall–Kier alpha value is -1.68. The monoisotopic (exact) mass is 369 g/mol. The third-order valence-electron chi connectivity index (χ3n) is 4.45. The number of carbonyl (C=O) groups is 1. The topological polar surface area (TPSA) is 120 Å². The van der Waals surface area contributed by atoms with Gasteiger partial charge in [-0.2, -0.15) is 0 Å². The third kappa shape index (κ3) is 4.12. The number of hydrogen-bond donors (Lipinski definition) is 3. The number of ether oxygens (including phenoxy) is 2. The molecule has 0 unspecified atom stereocenters. The first-order chi connectivity index (χ1) is 11.8. The molecule has 1 aromatic rings. The van der Waals surface area contributed by atoms with Crippen molar-refractivity contribution >= 4 is 21.6 Å². The molecular weight excluding hydrogens is 346 g/mol. The summed E-state index contributed by atoms with van der Waals surface area (Å²) in [5.74, 6) is -0.126. The van der Waals surface area contributed by atoms with Crippen LogP contribution in [-0.2, 0) is 19.6 Å². The molecule has 1 saturated carbocycles. The van der Waals surface area contributed by atoms with Crippen LogP contribution in [0.15, 0.2) is 23.1 Å². The van der Waals surface area contributed by atoms with Crippen molar-refractivity contribution in [1.29, 1.82) is 0 Å². The van der Waals surface area contributed by atoms with Crippen LogP contribution in [0.25, 0.3) is 0 Å². The van der Waals surface area contributed by atoms with E-state index in [0.717, 1.165) is 12.8 Å². The van der Waals surface area contributed by atoms with Crippen LogP contribution in [-0.4, -0.2) is 46.2 Å². The van der Waals surface area contributed by atoms with Gasteiger partial charge in [-0.25, -0.2) is 13.1 Å². The molecule has 0 radical (unpaired) electrons. The van der Waals surface area contributed by atoms with Gasteiger partial charge in [0, 0.05) is 24.9 Å². The van der Waals surface area contributed by atoms with Crippen molar-refractivity contribution in [2.75, 3.05) is 25.6 Å². The van der Waals surface area contributed by atoms with Gasteiger partial charge in [-0.15, -0.1) is 0 Å². The van der Waals surface area contributed by atoms with Gasteiger partial charge in [0.05, 0.1) is 7.11 Å². The van der Waals surface area contributed by atoms with Crippen LogP contribution in [0.1, 0.15) is 25.7 Å². The number of sulfonamides is 1. The molecule has 0 aromatic heterocycles. The number of nitrogens with one attached hydrogen (secondary N) is 2. The largest absolute Gasteiger partial charge is 0.495 e. The summed E-state index contributed by atoms with van der Waals surface area (Å²) >= 11 is 0. The van der Waals surface area contributed by atoms with Crippen molar-refractivity contribution in [3.8, 4) is 5.75 Å². The van der Waals surface area contributed by atoms with Crippen LogP contribution in [0.4, 0.5) is 5.69 Å². The molecule has 2 fully saturated rings. The molecule has 4 N–H and O–H groups in total. The third-order valence-corrected chi connectivity index (χ3v) is 5.99. The molecule has 1 aliphatic carbocycles. The quantitative estimate of drug-likeness (QED) is 0.675. The van der Waals surface area contributed by atoms with Crippen LogP contribution in [0.2, 0.25) is 0 Å². The fourth-order valence-electron chi connectivity index (χ4n) is 2.67. The summed E-state index contributed by atoms with van der Waals surface area (Å²) in [5.41, 5.74) is 5.51. The summed E-state index contributed by atoms with van der Waals surface area (Å²) in [7, 11) is -2.31. The van der Waals surface area contributed by atoms with Crippen molar-refractivity contribution in [3.05, 3.63) is 18.2 Å². The molecule has 2 aliphatic rings. The van der Waals surface area contributed by atoms with Crippen LogP contribution < -0.4 is 20.5 Å². The molecule has 0 spiro atoms. The predicted octanol–water partition coefficient (Wildman–Crippen LogP) is 0.582. The first-order valence-corrected chi connectivity index (χ1v) is 9.71. The minimum absolute atomic E-state index is 0.00208. The number of carbonyl (C=O) groups excluding carboxylic acids is 1. The summed E-state index contributed by atoms with van der Waals surface area (Å²) in [4.78, 5) is 12.5. The van der Waals surface area contributed by atoms with Crippen molar-refractivity contribution in [2.24, 2.45) is 5.73 Å². The standard InChI is InChI=1S/C16H23N3O5S/c1-23-13-5-4-12(10-14(13)25(21,22)19-11-2-3-11)18-15(20)16(17)6-8-24-9-7-16/h4-5,10-11,19H,2-3,6-9,17H2,1H3,(H,18,20). The fourth-order valence-corrected chi connectivity index (χ4v) is 4.17. The second-order valence-electron chi connectivity index (χ2n) is 6.48. The number of hydrogen-bond acceptors (Lipinski definition) is 6. The van der Waals surface area contributed by atoms with E-state index in [4.69, 9.17) is 15.2 Å². The van der Waals surface area contributed by atoms with Crippen LogP contribution in [0.5, 0.6) is 5.75 Å². The van der Waals surface area contributed by atoms with Gasteiger partial charge in [-0.05, 0) is 43.9 Å². The first kappa shape index (κ1) is 18.1. The van der Waals surface area contributed by atoms with E-state index in [9.17, 15) is 13.2 Å². The van der Waals surface area contributed by atoms with Crippen molar-refractivity contribution < 1.29 is 22.7 Å². The Morgan fingerprint density at radius 2 is 2.00 bits per heavy atom. The first-order valence-electron chi connectivity index (χ1n) is 8.22. The molecule has 8 nitrogen and oxygen atoms in total. The number of anilines is 1.